The Morgan fingerprint density at radius 2 is 2.06 bits per heavy atom. The first-order chi connectivity index (χ1) is 8.02. The van der Waals surface area contributed by atoms with Crippen LogP contribution in [-0.2, 0) is 9.53 Å². The lowest BCUT2D eigenvalue weighted by Gasteiger charge is -2.09. The van der Waals surface area contributed by atoms with Gasteiger partial charge < -0.3 is 19.7 Å². The van der Waals surface area contributed by atoms with E-state index >= 15 is 0 Å². The van der Waals surface area contributed by atoms with Gasteiger partial charge in [0.2, 0.25) is 5.75 Å². The van der Waals surface area contributed by atoms with E-state index in [1.807, 2.05) is 0 Å². The topological polar surface area (TPSA) is 76.0 Å². The van der Waals surface area contributed by atoms with Crippen molar-refractivity contribution in [2.75, 3.05) is 13.2 Å². The van der Waals surface area contributed by atoms with E-state index in [4.69, 9.17) is 9.47 Å². The average Bonchev–Trinajstić information content (AvgIpc) is 2.29. The molecule has 0 amide bonds. The Balaban J connectivity index is 2.39. The third-order valence-corrected chi connectivity index (χ3v) is 1.90. The lowest BCUT2D eigenvalue weighted by atomic mass is 10.3. The Labute approximate surface area is 98.9 Å². The molecule has 5 nitrogen and oxygen atoms in total. The van der Waals surface area contributed by atoms with Gasteiger partial charge in [-0.25, -0.2) is 4.79 Å². The van der Waals surface area contributed by atoms with E-state index < -0.39 is 5.97 Å². The van der Waals surface area contributed by atoms with Crippen molar-refractivity contribution in [1.29, 1.82) is 0 Å². The summed E-state index contributed by atoms with van der Waals surface area (Å²) in [5.41, 5.74) is 0.310. The first kappa shape index (κ1) is 12.9. The lowest BCUT2D eigenvalue weighted by molar-refractivity contribution is -0.139. The van der Waals surface area contributed by atoms with E-state index in [0.29, 0.717) is 5.57 Å². The van der Waals surface area contributed by atoms with Gasteiger partial charge in [-0.15, -0.1) is 0 Å². The van der Waals surface area contributed by atoms with Crippen LogP contribution in [0.25, 0.3) is 0 Å². The monoisotopic (exact) mass is 238 g/mol. The molecule has 0 saturated carbocycles. The van der Waals surface area contributed by atoms with E-state index in [2.05, 4.69) is 6.58 Å². The average molecular weight is 238 g/mol. The van der Waals surface area contributed by atoms with Gasteiger partial charge in [-0.3, -0.25) is 0 Å². The van der Waals surface area contributed by atoms with Crippen molar-refractivity contribution >= 4 is 5.97 Å². The summed E-state index contributed by atoms with van der Waals surface area (Å²) in [4.78, 5) is 11.0. The summed E-state index contributed by atoms with van der Waals surface area (Å²) in [6, 6.07) is 4.36. The van der Waals surface area contributed by atoms with Gasteiger partial charge in [0.05, 0.1) is 0 Å². The van der Waals surface area contributed by atoms with Gasteiger partial charge >= 0.3 is 5.97 Å². The smallest absolute Gasteiger partial charge is 0.333 e. The van der Waals surface area contributed by atoms with Crippen LogP contribution in [0, 0.1) is 0 Å². The highest BCUT2D eigenvalue weighted by molar-refractivity contribution is 5.86. The fraction of sp³-hybridized carbons (Fsp3) is 0.250. The Morgan fingerprint density at radius 3 is 2.71 bits per heavy atom. The molecule has 5 heteroatoms. The molecule has 0 aliphatic carbocycles. The van der Waals surface area contributed by atoms with Crippen molar-refractivity contribution in [3.05, 3.63) is 30.4 Å². The number of rotatable bonds is 5. The van der Waals surface area contributed by atoms with Gasteiger partial charge in [0, 0.05) is 5.57 Å². The molecule has 0 unspecified atom stereocenters. The van der Waals surface area contributed by atoms with Crippen LogP contribution in [0.3, 0.4) is 0 Å². The number of phenolic OH excluding ortho intramolecular Hbond substituents is 2. The van der Waals surface area contributed by atoms with Gasteiger partial charge in [-0.2, -0.15) is 0 Å². The fourth-order valence-electron chi connectivity index (χ4n) is 1.04. The predicted octanol–water partition coefficient (Wildman–Crippen LogP) is 1.60. The Morgan fingerprint density at radius 1 is 1.35 bits per heavy atom. The lowest BCUT2D eigenvalue weighted by Crippen LogP contribution is -2.12. The summed E-state index contributed by atoms with van der Waals surface area (Å²) < 4.78 is 9.92. The zero-order valence-corrected chi connectivity index (χ0v) is 9.47. The highest BCUT2D eigenvalue weighted by atomic mass is 16.6. The maximum atomic E-state index is 11.0. The quantitative estimate of drug-likeness (QED) is 0.352. The summed E-state index contributed by atoms with van der Waals surface area (Å²) >= 11 is 0. The minimum absolute atomic E-state index is 0.0424. The largest absolute Gasteiger partial charge is 0.504 e. The van der Waals surface area contributed by atoms with Crippen LogP contribution in [0.1, 0.15) is 6.92 Å². The Bertz CT molecular complexity index is 425. The number of hydrogen-bond donors (Lipinski definition) is 2. The second-order valence-corrected chi connectivity index (χ2v) is 3.39. The number of ether oxygens (including phenoxy) is 2. The maximum Gasteiger partial charge on any atom is 0.333 e. The van der Waals surface area contributed by atoms with Crippen molar-refractivity contribution in [3.63, 3.8) is 0 Å². The Hall–Kier alpha value is -2.17. The second kappa shape index (κ2) is 5.79. The molecule has 1 aromatic rings. The second-order valence-electron chi connectivity index (χ2n) is 3.39. The Kier molecular flexibility index (Phi) is 4.39. The van der Waals surface area contributed by atoms with Crippen molar-refractivity contribution in [3.8, 4) is 17.2 Å². The van der Waals surface area contributed by atoms with Gasteiger partial charge in [0.25, 0.3) is 0 Å². The van der Waals surface area contributed by atoms with Crippen LogP contribution in [-0.4, -0.2) is 29.4 Å². The zero-order chi connectivity index (χ0) is 12.8. The van der Waals surface area contributed by atoms with Gasteiger partial charge in [-0.1, -0.05) is 12.6 Å². The molecule has 0 saturated heterocycles. The van der Waals surface area contributed by atoms with Gasteiger partial charge in [0.15, 0.2) is 11.5 Å². The molecule has 0 aromatic heterocycles. The third kappa shape index (κ3) is 3.71. The molecule has 1 rings (SSSR count). The van der Waals surface area contributed by atoms with Crippen molar-refractivity contribution < 1.29 is 24.5 Å². The van der Waals surface area contributed by atoms with E-state index in [1.165, 1.54) is 18.2 Å². The standard InChI is InChI=1S/C12H14O5/c1-8(2)12(15)17-7-6-16-10-5-3-4-9(13)11(10)14/h3-5,13-14H,1,6-7H2,2H3. The first-order valence-corrected chi connectivity index (χ1v) is 4.98. The van der Waals surface area contributed by atoms with Gasteiger partial charge in [-0.05, 0) is 19.1 Å². The normalized spacial score (nSPS) is 9.71. The van der Waals surface area contributed by atoms with Crippen molar-refractivity contribution in [2.45, 2.75) is 6.92 Å². The van der Waals surface area contributed by atoms with Crippen LogP contribution in [0.5, 0.6) is 17.2 Å². The number of esters is 1. The molecule has 0 fully saturated rings. The maximum absolute atomic E-state index is 11.0. The number of benzene rings is 1. The van der Waals surface area contributed by atoms with E-state index in [9.17, 15) is 15.0 Å². The molecular formula is C12H14O5. The van der Waals surface area contributed by atoms with Crippen LogP contribution in [0.2, 0.25) is 0 Å². The summed E-state index contributed by atoms with van der Waals surface area (Å²) in [5.74, 6) is -0.953. The number of hydrogen-bond acceptors (Lipinski definition) is 5. The molecule has 17 heavy (non-hydrogen) atoms. The summed E-state index contributed by atoms with van der Waals surface area (Å²) in [7, 11) is 0. The van der Waals surface area contributed by atoms with Crippen LogP contribution >= 0.6 is 0 Å². The van der Waals surface area contributed by atoms with E-state index in [-0.39, 0.29) is 30.5 Å². The first-order valence-electron chi connectivity index (χ1n) is 4.98. The number of phenols is 2. The number of aromatic hydroxyl groups is 2. The third-order valence-electron chi connectivity index (χ3n) is 1.90. The number of para-hydroxylation sites is 1. The van der Waals surface area contributed by atoms with Crippen molar-refractivity contribution in [1.82, 2.24) is 0 Å². The minimum Gasteiger partial charge on any atom is -0.504 e. The highest BCUT2D eigenvalue weighted by Crippen LogP contribution is 2.34. The number of carbonyl (C=O) groups is 1. The zero-order valence-electron chi connectivity index (χ0n) is 9.47. The molecular weight excluding hydrogens is 224 g/mol. The summed E-state index contributed by atoms with van der Waals surface area (Å²) in [6.45, 7) is 5.10. The molecule has 92 valence electrons. The molecule has 0 heterocycles. The number of carbonyl (C=O) groups excluding carboxylic acids is 1. The molecule has 0 aliphatic heterocycles. The molecule has 0 bridgehead atoms. The van der Waals surface area contributed by atoms with Gasteiger partial charge in [0.1, 0.15) is 13.2 Å². The molecule has 0 spiro atoms. The van der Waals surface area contributed by atoms with E-state index in [0.717, 1.165) is 0 Å². The molecule has 0 radical (unpaired) electrons. The van der Waals surface area contributed by atoms with E-state index in [1.54, 1.807) is 6.92 Å². The highest BCUT2D eigenvalue weighted by Gasteiger charge is 2.07. The van der Waals surface area contributed by atoms with Crippen molar-refractivity contribution in [2.24, 2.45) is 0 Å². The van der Waals surface area contributed by atoms with Crippen LogP contribution in [0.4, 0.5) is 0 Å². The molecule has 0 atom stereocenters. The molecule has 2 N–H and O–H groups in total. The van der Waals surface area contributed by atoms with Crippen LogP contribution < -0.4 is 4.74 Å². The minimum atomic E-state index is -0.492. The summed E-state index contributed by atoms with van der Waals surface area (Å²) in [6.07, 6.45) is 0. The molecule has 0 aliphatic rings. The summed E-state index contributed by atoms with van der Waals surface area (Å²) in [5, 5.41) is 18.6. The molecule has 1 aromatic carbocycles. The fourth-order valence-corrected chi connectivity index (χ4v) is 1.04. The SMILES string of the molecule is C=C(C)C(=O)OCCOc1cccc(O)c1O. The predicted molar refractivity (Wildman–Crippen MR) is 61.0 cm³/mol. The van der Waals surface area contributed by atoms with Crippen LogP contribution in [0.15, 0.2) is 30.4 Å².